The van der Waals surface area contributed by atoms with Crippen LogP contribution >= 0.6 is 0 Å². The first-order valence-electron chi connectivity index (χ1n) is 11.4. The van der Waals surface area contributed by atoms with Gasteiger partial charge >= 0.3 is 11.9 Å². The Morgan fingerprint density at radius 3 is 2.27 bits per heavy atom. The minimum absolute atomic E-state index is 0.0497. The van der Waals surface area contributed by atoms with Gasteiger partial charge < -0.3 is 42.6 Å². The van der Waals surface area contributed by atoms with Crippen LogP contribution in [0.15, 0.2) is 30.5 Å². The zero-order valence-electron chi connectivity index (χ0n) is 19.9. The smallest absolute Gasteiger partial charge is 0.326 e. The van der Waals surface area contributed by atoms with Crippen molar-refractivity contribution in [3.63, 3.8) is 0 Å². The highest BCUT2D eigenvalue weighted by Gasteiger charge is 2.28. The number of rotatable bonds is 15. The minimum atomic E-state index is -1.34. The number of nitrogens with one attached hydrogen (secondary N) is 4. The Labute approximate surface area is 211 Å². The molecule has 14 heteroatoms. The van der Waals surface area contributed by atoms with Gasteiger partial charge in [0.15, 0.2) is 0 Å². The summed E-state index contributed by atoms with van der Waals surface area (Å²) in [5.74, 6) is -5.61. The number of para-hydroxylation sites is 1. The molecule has 200 valence electrons. The second-order valence-corrected chi connectivity index (χ2v) is 8.34. The van der Waals surface area contributed by atoms with Crippen molar-refractivity contribution in [2.45, 2.75) is 50.2 Å². The van der Waals surface area contributed by atoms with Crippen LogP contribution in [0.25, 0.3) is 10.9 Å². The Kier molecular flexibility index (Phi) is 10.6. The average molecular weight is 519 g/mol. The first-order valence-corrected chi connectivity index (χ1v) is 11.4. The Hall–Kier alpha value is -4.46. The van der Waals surface area contributed by atoms with Crippen LogP contribution < -0.4 is 27.4 Å². The fraction of sp³-hybridized carbons (Fsp3) is 0.391. The Balaban J connectivity index is 2.02. The zero-order chi connectivity index (χ0) is 27.5. The van der Waals surface area contributed by atoms with Gasteiger partial charge in [-0.2, -0.15) is 0 Å². The Bertz CT molecular complexity index is 1160. The van der Waals surface area contributed by atoms with Crippen molar-refractivity contribution in [3.8, 4) is 0 Å². The van der Waals surface area contributed by atoms with E-state index in [4.69, 9.17) is 16.6 Å². The van der Waals surface area contributed by atoms with Gasteiger partial charge in [0, 0.05) is 36.4 Å². The highest BCUT2D eigenvalue weighted by atomic mass is 16.4. The van der Waals surface area contributed by atoms with E-state index in [1.54, 1.807) is 18.3 Å². The van der Waals surface area contributed by atoms with E-state index in [1.807, 2.05) is 12.1 Å². The highest BCUT2D eigenvalue weighted by Crippen LogP contribution is 2.19. The van der Waals surface area contributed by atoms with Gasteiger partial charge in [-0.05, 0) is 24.5 Å². The lowest BCUT2D eigenvalue weighted by atomic mass is 10.0. The van der Waals surface area contributed by atoms with Crippen LogP contribution in [0.5, 0.6) is 0 Å². The number of fused-ring (bicyclic) bond motifs is 1. The third-order valence-corrected chi connectivity index (χ3v) is 5.47. The number of carbonyl (C=O) groups excluding carboxylic acids is 4. The lowest BCUT2D eigenvalue weighted by molar-refractivity contribution is -0.142. The number of primary amides is 1. The number of carbonyl (C=O) groups is 6. The number of aromatic amines is 1. The van der Waals surface area contributed by atoms with Crippen LogP contribution in [-0.4, -0.2) is 75.4 Å². The van der Waals surface area contributed by atoms with Crippen LogP contribution in [-0.2, 0) is 35.2 Å². The molecule has 4 amide bonds. The third kappa shape index (κ3) is 9.25. The molecule has 2 rings (SSSR count). The second kappa shape index (κ2) is 13.6. The molecule has 14 nitrogen and oxygen atoms in total. The van der Waals surface area contributed by atoms with E-state index < -0.39 is 60.2 Å². The van der Waals surface area contributed by atoms with Crippen LogP contribution in [0.2, 0.25) is 0 Å². The predicted octanol–water partition coefficient (Wildman–Crippen LogP) is -1.66. The SMILES string of the molecule is NC(=O)CCC(NC(=O)CNC(=O)C(N)CCC(=O)O)C(=O)NC(Cc1c[nH]c2ccccc12)C(=O)O. The minimum Gasteiger partial charge on any atom is -0.481 e. The third-order valence-electron chi connectivity index (χ3n) is 5.47. The van der Waals surface area contributed by atoms with Gasteiger partial charge in [0.25, 0.3) is 0 Å². The number of hydrogen-bond donors (Lipinski definition) is 8. The molecule has 3 atom stereocenters. The summed E-state index contributed by atoms with van der Waals surface area (Å²) >= 11 is 0. The molecule has 2 aromatic rings. The fourth-order valence-corrected chi connectivity index (χ4v) is 3.50. The predicted molar refractivity (Wildman–Crippen MR) is 130 cm³/mol. The van der Waals surface area contributed by atoms with Crippen LogP contribution in [0, 0.1) is 0 Å². The van der Waals surface area contributed by atoms with Crippen molar-refractivity contribution in [1.29, 1.82) is 0 Å². The molecule has 0 spiro atoms. The van der Waals surface area contributed by atoms with Crippen molar-refractivity contribution >= 4 is 46.5 Å². The molecular weight excluding hydrogens is 488 g/mol. The van der Waals surface area contributed by atoms with Gasteiger partial charge in [0.05, 0.1) is 12.6 Å². The van der Waals surface area contributed by atoms with Gasteiger partial charge in [0.1, 0.15) is 12.1 Å². The van der Waals surface area contributed by atoms with Crippen molar-refractivity contribution in [3.05, 3.63) is 36.0 Å². The number of aromatic nitrogens is 1. The molecule has 0 bridgehead atoms. The van der Waals surface area contributed by atoms with Crippen LogP contribution in [0.3, 0.4) is 0 Å². The van der Waals surface area contributed by atoms with Gasteiger partial charge in [-0.1, -0.05) is 18.2 Å². The summed E-state index contributed by atoms with van der Waals surface area (Å²) in [5.41, 5.74) is 12.2. The maximum atomic E-state index is 12.9. The molecule has 0 fully saturated rings. The number of amides is 4. The lowest BCUT2D eigenvalue weighted by Gasteiger charge is -2.21. The molecule has 0 saturated heterocycles. The van der Waals surface area contributed by atoms with E-state index in [0.717, 1.165) is 10.9 Å². The van der Waals surface area contributed by atoms with Gasteiger partial charge in [-0.15, -0.1) is 0 Å². The van der Waals surface area contributed by atoms with E-state index in [1.165, 1.54) is 0 Å². The summed E-state index contributed by atoms with van der Waals surface area (Å²) in [5, 5.41) is 26.1. The fourth-order valence-electron chi connectivity index (χ4n) is 3.50. The summed E-state index contributed by atoms with van der Waals surface area (Å²) < 4.78 is 0. The highest BCUT2D eigenvalue weighted by molar-refractivity contribution is 5.93. The standard InChI is InChI=1S/C23H30N6O8/c24-14(5-8-20(32)33)21(34)27-11-19(31)28-16(6-7-18(25)30)22(35)29-17(23(36)37)9-12-10-26-15-4-2-1-3-13(12)15/h1-4,10,14,16-17,26H,5-9,11,24H2,(H2,25,30)(H,27,34)(H,28,31)(H,29,35)(H,32,33)(H,36,37). The van der Waals surface area contributed by atoms with E-state index >= 15 is 0 Å². The van der Waals surface area contributed by atoms with Gasteiger partial charge in [-0.25, -0.2) is 4.79 Å². The number of carboxylic acid groups (broad SMARTS) is 2. The van der Waals surface area contributed by atoms with E-state index in [-0.39, 0.29) is 32.1 Å². The Morgan fingerprint density at radius 1 is 0.919 bits per heavy atom. The largest absolute Gasteiger partial charge is 0.481 e. The number of aliphatic carboxylic acids is 2. The van der Waals surface area contributed by atoms with Gasteiger partial charge in [0.2, 0.25) is 23.6 Å². The van der Waals surface area contributed by atoms with E-state index in [9.17, 15) is 33.9 Å². The van der Waals surface area contributed by atoms with Gasteiger partial charge in [-0.3, -0.25) is 24.0 Å². The second-order valence-electron chi connectivity index (χ2n) is 8.34. The topological polar surface area (TPSA) is 247 Å². The zero-order valence-corrected chi connectivity index (χ0v) is 19.9. The van der Waals surface area contributed by atoms with Crippen molar-refractivity contribution in [2.24, 2.45) is 11.5 Å². The first kappa shape index (κ1) is 28.8. The van der Waals surface area contributed by atoms with Crippen molar-refractivity contribution < 1.29 is 39.0 Å². The number of benzene rings is 1. The van der Waals surface area contributed by atoms with E-state index in [2.05, 4.69) is 20.9 Å². The first-order chi connectivity index (χ1) is 17.5. The molecule has 0 aliphatic heterocycles. The molecule has 3 unspecified atom stereocenters. The maximum Gasteiger partial charge on any atom is 0.326 e. The summed E-state index contributed by atoms with van der Waals surface area (Å²) in [6.45, 7) is -0.586. The molecule has 0 aliphatic carbocycles. The summed E-state index contributed by atoms with van der Waals surface area (Å²) in [6, 6.07) is 3.42. The molecule has 10 N–H and O–H groups in total. The molecule has 0 saturated carbocycles. The summed E-state index contributed by atoms with van der Waals surface area (Å²) in [7, 11) is 0. The lowest BCUT2D eigenvalue weighted by Crippen LogP contribution is -2.54. The van der Waals surface area contributed by atoms with Crippen LogP contribution in [0.4, 0.5) is 0 Å². The molecule has 1 aromatic carbocycles. The Morgan fingerprint density at radius 2 is 1.62 bits per heavy atom. The van der Waals surface area contributed by atoms with Crippen molar-refractivity contribution in [1.82, 2.24) is 20.9 Å². The van der Waals surface area contributed by atoms with Crippen molar-refractivity contribution in [2.75, 3.05) is 6.54 Å². The molecule has 0 radical (unpaired) electrons. The summed E-state index contributed by atoms with van der Waals surface area (Å²) in [6.07, 6.45) is 0.636. The molecule has 0 aliphatic rings. The number of nitrogens with two attached hydrogens (primary N) is 2. The summed E-state index contributed by atoms with van der Waals surface area (Å²) in [4.78, 5) is 73.9. The molecule has 1 aromatic heterocycles. The molecule has 1 heterocycles. The molecule has 37 heavy (non-hydrogen) atoms. The quantitative estimate of drug-likeness (QED) is 0.134. The number of carboxylic acids is 2. The normalized spacial score (nSPS) is 13.2. The maximum absolute atomic E-state index is 12.9. The molecular formula is C23H30N6O8. The average Bonchev–Trinajstić information content (AvgIpc) is 3.25. The monoisotopic (exact) mass is 518 g/mol. The van der Waals surface area contributed by atoms with E-state index in [0.29, 0.717) is 5.56 Å². The van der Waals surface area contributed by atoms with Crippen LogP contribution in [0.1, 0.15) is 31.2 Å². The number of H-pyrrole nitrogens is 1. The number of hydrogen-bond acceptors (Lipinski definition) is 7.